The van der Waals surface area contributed by atoms with Crippen molar-refractivity contribution in [2.45, 2.75) is 126 Å². The van der Waals surface area contributed by atoms with Gasteiger partial charge < -0.3 is 40.0 Å². The molecule has 4 aromatic rings. The van der Waals surface area contributed by atoms with Gasteiger partial charge in [-0.3, -0.25) is 14.2 Å². The Hall–Kier alpha value is -4.69. The number of carbonyl (C=O) groups excluding carboxylic acids is 3. The molecule has 4 N–H and O–H groups in total. The Kier molecular flexibility index (Phi) is 13.7. The van der Waals surface area contributed by atoms with E-state index in [-0.39, 0.29) is 37.7 Å². The first-order chi connectivity index (χ1) is 30.3. The second-order valence-electron chi connectivity index (χ2n) is 17.5. The molecule has 336 valence electrons. The Bertz CT molecular complexity index is 2410. The SMILES string of the molecule is COc1ccc2c(O[C@@H]3C[C@H]4C(=O)N[C@]5(P(=O)(O)Cc6ccccc6Cl)C[C@H]5C=CCCCCC[C@H](NC(=O)OC5CCCC5)C(=O)N4C3)cc(-c3csc(NC(C)C)n3)nc2c1. The number of anilines is 1. The van der Waals surface area contributed by atoms with Gasteiger partial charge in [0.05, 0.1) is 31.0 Å². The van der Waals surface area contributed by atoms with Crippen molar-refractivity contribution in [3.63, 3.8) is 0 Å². The highest BCUT2D eigenvalue weighted by atomic mass is 35.5. The van der Waals surface area contributed by atoms with Crippen molar-refractivity contribution in [3.8, 4) is 22.9 Å². The average Bonchev–Trinajstić information content (AvgIpc) is 3.66. The van der Waals surface area contributed by atoms with Crippen LogP contribution in [0.1, 0.15) is 90.0 Å². The minimum atomic E-state index is -4.17. The molecule has 2 saturated carbocycles. The van der Waals surface area contributed by atoms with Crippen LogP contribution in [-0.4, -0.2) is 86.9 Å². The van der Waals surface area contributed by atoms with E-state index in [0.29, 0.717) is 57.2 Å². The number of nitrogens with one attached hydrogen (secondary N) is 3. The van der Waals surface area contributed by atoms with E-state index in [4.69, 9.17) is 35.8 Å². The van der Waals surface area contributed by atoms with Gasteiger partial charge in [0.15, 0.2) is 5.13 Å². The number of alkyl carbamates (subject to hydrolysis) is 1. The molecule has 63 heavy (non-hydrogen) atoms. The maximum Gasteiger partial charge on any atom is 0.408 e. The van der Waals surface area contributed by atoms with Crippen molar-refractivity contribution in [1.82, 2.24) is 25.5 Å². The van der Waals surface area contributed by atoms with Crippen LogP contribution in [0.15, 0.2) is 66.1 Å². The Labute approximate surface area is 377 Å². The fourth-order valence-electron chi connectivity index (χ4n) is 9.06. The number of hydrogen-bond acceptors (Lipinski definition) is 11. The second-order valence-corrected chi connectivity index (χ2v) is 21.2. The standard InChI is InChI=1S/C46H56ClN6O8PS/c1-28(2)48-44-50-39(27-63-44)38-23-41(34-20-19-32(59-3)21-37(34)49-38)60-33-22-40-42(54)52-46(62(57,58)26-29-13-9-12-17-35(29)47)24-30(46)14-7-5-4-6-8-18-36(43(55)53(40)25-33)51-45(56)61-31-15-10-11-16-31/h7,9,12-14,17,19-21,23,27-28,30-31,33,36,40H,4-6,8,10-11,15-16,18,22,24-26H2,1-3H3,(H,48,50)(H,51,56)(H,52,54)(H,57,58)/t30-,33-,36+,40+,46+/m1/s1. The van der Waals surface area contributed by atoms with Gasteiger partial charge in [0, 0.05) is 46.3 Å². The summed E-state index contributed by atoms with van der Waals surface area (Å²) in [7, 11) is -2.59. The molecule has 2 aromatic heterocycles. The summed E-state index contributed by atoms with van der Waals surface area (Å²) in [5.41, 5.74) is 2.33. The molecule has 3 fully saturated rings. The van der Waals surface area contributed by atoms with Crippen LogP contribution in [0.2, 0.25) is 5.02 Å². The highest BCUT2D eigenvalue weighted by Crippen LogP contribution is 2.71. The van der Waals surface area contributed by atoms with Gasteiger partial charge in [-0.1, -0.05) is 54.8 Å². The number of aromatic nitrogens is 2. The van der Waals surface area contributed by atoms with E-state index in [9.17, 15) is 23.8 Å². The lowest BCUT2D eigenvalue weighted by Crippen LogP contribution is -2.55. The minimum absolute atomic E-state index is 0.00791. The highest BCUT2D eigenvalue weighted by molar-refractivity contribution is 7.59. The summed E-state index contributed by atoms with van der Waals surface area (Å²) in [4.78, 5) is 66.2. The van der Waals surface area contributed by atoms with Crippen molar-refractivity contribution in [3.05, 3.63) is 76.6 Å². The Morgan fingerprint density at radius 1 is 1.05 bits per heavy atom. The van der Waals surface area contributed by atoms with Crippen molar-refractivity contribution < 1.29 is 38.1 Å². The number of nitrogens with zero attached hydrogens (tertiary/aromatic N) is 3. The summed E-state index contributed by atoms with van der Waals surface area (Å²) in [5.74, 6) is -0.334. The van der Waals surface area contributed by atoms with E-state index in [0.717, 1.165) is 50.1 Å². The van der Waals surface area contributed by atoms with Gasteiger partial charge in [0.1, 0.15) is 46.8 Å². The number of fused-ring (bicyclic) bond motifs is 3. The van der Waals surface area contributed by atoms with Gasteiger partial charge in [-0.2, -0.15) is 0 Å². The number of rotatable bonds is 11. The molecule has 0 radical (unpaired) electrons. The third-order valence-corrected chi connectivity index (χ3v) is 16.3. The number of benzene rings is 2. The molecule has 14 nitrogen and oxygen atoms in total. The number of methoxy groups -OCH3 is 1. The van der Waals surface area contributed by atoms with Crippen LogP contribution >= 0.6 is 30.3 Å². The first-order valence-electron chi connectivity index (χ1n) is 22.0. The fraction of sp³-hybridized carbons (Fsp3) is 0.500. The molecule has 1 saturated heterocycles. The molecule has 2 aromatic carbocycles. The minimum Gasteiger partial charge on any atom is -0.497 e. The fourth-order valence-corrected chi connectivity index (χ4v) is 12.6. The zero-order valence-electron chi connectivity index (χ0n) is 35.9. The zero-order valence-corrected chi connectivity index (χ0v) is 38.4. The summed E-state index contributed by atoms with van der Waals surface area (Å²) in [5, 5.41) is 11.5. The molecule has 8 rings (SSSR count). The quantitative estimate of drug-likeness (QED) is 0.0833. The van der Waals surface area contributed by atoms with Crippen LogP contribution < -0.4 is 25.4 Å². The largest absolute Gasteiger partial charge is 0.497 e. The predicted molar refractivity (Wildman–Crippen MR) is 245 cm³/mol. The normalized spacial score (nSPS) is 25.3. The van der Waals surface area contributed by atoms with Gasteiger partial charge in [-0.05, 0) is 89.0 Å². The molecule has 0 spiro atoms. The Morgan fingerprint density at radius 3 is 2.62 bits per heavy atom. The maximum atomic E-state index is 14.9. The summed E-state index contributed by atoms with van der Waals surface area (Å²) in [6.45, 7) is 4.09. The van der Waals surface area contributed by atoms with Crippen molar-refractivity contribution in [2.75, 3.05) is 19.0 Å². The molecule has 0 bridgehead atoms. The van der Waals surface area contributed by atoms with E-state index >= 15 is 0 Å². The van der Waals surface area contributed by atoms with Crippen molar-refractivity contribution in [1.29, 1.82) is 0 Å². The van der Waals surface area contributed by atoms with Gasteiger partial charge in [-0.15, -0.1) is 11.3 Å². The molecular weight excluding hydrogens is 863 g/mol. The number of amides is 3. The van der Waals surface area contributed by atoms with E-state index < -0.39 is 54.7 Å². The molecule has 1 unspecified atom stereocenters. The van der Waals surface area contributed by atoms with Gasteiger partial charge in [-0.25, -0.2) is 14.8 Å². The van der Waals surface area contributed by atoms with Crippen LogP contribution in [-0.2, 0) is 25.1 Å². The molecule has 6 atom stereocenters. The van der Waals surface area contributed by atoms with Crippen LogP contribution in [0.5, 0.6) is 11.5 Å². The van der Waals surface area contributed by atoms with E-state index in [2.05, 4.69) is 16.0 Å². The second kappa shape index (κ2) is 19.2. The molecule has 17 heteroatoms. The van der Waals surface area contributed by atoms with Crippen LogP contribution in [0.3, 0.4) is 0 Å². The topological polar surface area (TPSA) is 181 Å². The van der Waals surface area contributed by atoms with Gasteiger partial charge in [0.25, 0.3) is 0 Å². The molecule has 4 heterocycles. The van der Waals surface area contributed by atoms with Crippen molar-refractivity contribution >= 4 is 64.2 Å². The van der Waals surface area contributed by atoms with E-state index in [1.807, 2.05) is 55.6 Å². The lowest BCUT2D eigenvalue weighted by molar-refractivity contribution is -0.140. The number of ether oxygens (including phenoxy) is 3. The summed E-state index contributed by atoms with van der Waals surface area (Å²) < 4.78 is 32.7. The average molecular weight is 919 g/mol. The molecule has 3 amide bonds. The lowest BCUT2D eigenvalue weighted by atomic mass is 10.0. The Balaban J connectivity index is 1.13. The summed E-state index contributed by atoms with van der Waals surface area (Å²) in [6, 6.07) is 12.3. The van der Waals surface area contributed by atoms with E-state index in [1.165, 1.54) is 16.2 Å². The number of carbonyl (C=O) groups is 3. The van der Waals surface area contributed by atoms with Crippen LogP contribution in [0.25, 0.3) is 22.3 Å². The highest BCUT2D eigenvalue weighted by Gasteiger charge is 2.66. The number of pyridine rings is 1. The smallest absolute Gasteiger partial charge is 0.408 e. The predicted octanol–water partition coefficient (Wildman–Crippen LogP) is 9.05. The van der Waals surface area contributed by atoms with Gasteiger partial charge in [0.2, 0.25) is 19.2 Å². The third-order valence-electron chi connectivity index (χ3n) is 12.5. The molecular formula is C46H56ClN6O8PS. The summed E-state index contributed by atoms with van der Waals surface area (Å²) in [6.07, 6.45) is 9.31. The number of thiazole rings is 1. The maximum absolute atomic E-state index is 14.9. The first kappa shape index (κ1) is 44.9. The first-order valence-corrected chi connectivity index (χ1v) is 25.1. The monoisotopic (exact) mass is 918 g/mol. The van der Waals surface area contributed by atoms with Gasteiger partial charge >= 0.3 is 6.09 Å². The summed E-state index contributed by atoms with van der Waals surface area (Å²) >= 11 is 7.96. The van der Waals surface area contributed by atoms with E-state index in [1.54, 1.807) is 31.4 Å². The van der Waals surface area contributed by atoms with Crippen molar-refractivity contribution in [2.24, 2.45) is 5.92 Å². The van der Waals surface area contributed by atoms with Crippen LogP contribution in [0.4, 0.5) is 9.93 Å². The number of hydrogen-bond donors (Lipinski definition) is 4. The molecule has 2 aliphatic heterocycles. The Morgan fingerprint density at radius 2 is 1.84 bits per heavy atom. The third kappa shape index (κ3) is 10.2. The molecule has 2 aliphatic carbocycles. The number of halogens is 1. The lowest BCUT2D eigenvalue weighted by Gasteiger charge is -2.31. The molecule has 4 aliphatic rings. The zero-order chi connectivity index (χ0) is 44.3. The van der Waals surface area contributed by atoms with Crippen LogP contribution in [0, 0.1) is 5.92 Å². The number of allylic oxidation sites excluding steroid dienone is 1.